The van der Waals surface area contributed by atoms with E-state index in [1.165, 1.54) is 10.5 Å². The molecule has 1 aliphatic rings. The molecule has 2 heteroatoms. The van der Waals surface area contributed by atoms with E-state index >= 15 is 0 Å². The standard InChI is InChI=1S/C10H13NS/c1-3-8-5-4-6-9(7-11)10(8)12-2/h3,9H,1,4-6H2,2H3. The Labute approximate surface area is 78.2 Å². The van der Waals surface area contributed by atoms with Crippen molar-refractivity contribution in [2.24, 2.45) is 5.92 Å². The van der Waals surface area contributed by atoms with Crippen molar-refractivity contribution in [2.45, 2.75) is 19.3 Å². The van der Waals surface area contributed by atoms with Gasteiger partial charge in [-0.05, 0) is 31.1 Å². The normalized spacial score (nSPS) is 23.5. The van der Waals surface area contributed by atoms with Crippen LogP contribution in [0.4, 0.5) is 0 Å². The Hall–Kier alpha value is -0.680. The molecule has 1 unspecified atom stereocenters. The third-order valence-electron chi connectivity index (χ3n) is 2.19. The summed E-state index contributed by atoms with van der Waals surface area (Å²) in [5.74, 6) is 0.127. The minimum absolute atomic E-state index is 0.127. The minimum atomic E-state index is 0.127. The van der Waals surface area contributed by atoms with E-state index in [0.717, 1.165) is 19.3 Å². The molecule has 0 N–H and O–H groups in total. The zero-order valence-electron chi connectivity index (χ0n) is 7.34. The second-order valence-electron chi connectivity index (χ2n) is 2.87. The maximum absolute atomic E-state index is 8.87. The molecular weight excluding hydrogens is 166 g/mol. The maximum Gasteiger partial charge on any atom is 0.0774 e. The fraction of sp³-hybridized carbons (Fsp3) is 0.500. The van der Waals surface area contributed by atoms with Gasteiger partial charge in [-0.15, -0.1) is 11.8 Å². The molecule has 0 amide bonds. The fourth-order valence-electron chi connectivity index (χ4n) is 1.57. The predicted molar refractivity (Wildman–Crippen MR) is 53.7 cm³/mol. The first-order chi connectivity index (χ1) is 5.83. The molecule has 0 saturated heterocycles. The summed E-state index contributed by atoms with van der Waals surface area (Å²) in [6, 6.07) is 2.34. The van der Waals surface area contributed by atoms with E-state index in [0.29, 0.717) is 0 Å². The Morgan fingerprint density at radius 1 is 1.75 bits per heavy atom. The van der Waals surface area contributed by atoms with Crippen LogP contribution in [0.15, 0.2) is 23.1 Å². The highest BCUT2D eigenvalue weighted by Crippen LogP contribution is 2.36. The van der Waals surface area contributed by atoms with Gasteiger partial charge in [-0.25, -0.2) is 0 Å². The van der Waals surface area contributed by atoms with E-state index in [4.69, 9.17) is 5.26 Å². The molecule has 0 aromatic rings. The number of thioether (sulfide) groups is 1. The van der Waals surface area contributed by atoms with Crippen molar-refractivity contribution in [3.63, 3.8) is 0 Å². The summed E-state index contributed by atoms with van der Waals surface area (Å²) in [4.78, 5) is 1.23. The van der Waals surface area contributed by atoms with Crippen LogP contribution < -0.4 is 0 Å². The van der Waals surface area contributed by atoms with Crippen LogP contribution in [-0.2, 0) is 0 Å². The molecule has 1 atom stereocenters. The molecule has 0 aromatic heterocycles. The van der Waals surface area contributed by atoms with Gasteiger partial charge in [0, 0.05) is 4.91 Å². The Morgan fingerprint density at radius 3 is 3.00 bits per heavy atom. The van der Waals surface area contributed by atoms with Gasteiger partial charge in [0.05, 0.1) is 12.0 Å². The SMILES string of the molecule is C=CC1=C(SC)C(C#N)CCC1. The quantitative estimate of drug-likeness (QED) is 0.650. The Bertz CT molecular complexity index is 247. The van der Waals surface area contributed by atoms with Crippen molar-refractivity contribution >= 4 is 11.8 Å². The Balaban J connectivity index is 2.95. The predicted octanol–water partition coefficient (Wildman–Crippen LogP) is 3.11. The van der Waals surface area contributed by atoms with Crippen molar-refractivity contribution in [2.75, 3.05) is 6.26 Å². The zero-order valence-corrected chi connectivity index (χ0v) is 8.16. The third kappa shape index (κ3) is 1.73. The lowest BCUT2D eigenvalue weighted by Gasteiger charge is -2.20. The van der Waals surface area contributed by atoms with Gasteiger partial charge in [-0.1, -0.05) is 12.7 Å². The Kier molecular flexibility index (Phi) is 3.43. The molecule has 0 fully saturated rings. The minimum Gasteiger partial charge on any atom is -0.198 e. The number of hydrogen-bond donors (Lipinski definition) is 0. The van der Waals surface area contributed by atoms with Gasteiger partial charge >= 0.3 is 0 Å². The summed E-state index contributed by atoms with van der Waals surface area (Å²) in [6.07, 6.45) is 7.18. The van der Waals surface area contributed by atoms with E-state index < -0.39 is 0 Å². The summed E-state index contributed by atoms with van der Waals surface area (Å²) >= 11 is 1.70. The maximum atomic E-state index is 8.87. The van der Waals surface area contributed by atoms with E-state index in [9.17, 15) is 0 Å². The molecular formula is C10H13NS. The van der Waals surface area contributed by atoms with Crippen LogP contribution in [0.3, 0.4) is 0 Å². The number of hydrogen-bond acceptors (Lipinski definition) is 2. The lowest BCUT2D eigenvalue weighted by atomic mass is 9.91. The van der Waals surface area contributed by atoms with Crippen molar-refractivity contribution < 1.29 is 0 Å². The van der Waals surface area contributed by atoms with Gasteiger partial charge < -0.3 is 0 Å². The molecule has 1 nitrogen and oxygen atoms in total. The largest absolute Gasteiger partial charge is 0.198 e. The second kappa shape index (κ2) is 4.37. The molecule has 1 rings (SSSR count). The van der Waals surface area contributed by atoms with E-state index in [2.05, 4.69) is 12.6 Å². The average molecular weight is 179 g/mol. The monoisotopic (exact) mass is 179 g/mol. The first-order valence-corrected chi connectivity index (χ1v) is 5.35. The topological polar surface area (TPSA) is 23.8 Å². The van der Waals surface area contributed by atoms with Crippen LogP contribution in [-0.4, -0.2) is 6.26 Å². The molecule has 12 heavy (non-hydrogen) atoms. The molecule has 1 aliphatic carbocycles. The van der Waals surface area contributed by atoms with E-state index in [-0.39, 0.29) is 5.92 Å². The highest BCUT2D eigenvalue weighted by Gasteiger charge is 2.20. The van der Waals surface area contributed by atoms with Crippen LogP contribution >= 0.6 is 11.8 Å². The first kappa shape index (κ1) is 9.41. The third-order valence-corrected chi connectivity index (χ3v) is 3.18. The summed E-state index contributed by atoms with van der Waals surface area (Å²) in [7, 11) is 0. The van der Waals surface area contributed by atoms with E-state index in [1.807, 2.05) is 12.3 Å². The van der Waals surface area contributed by atoms with Crippen LogP contribution in [0.1, 0.15) is 19.3 Å². The molecule has 0 bridgehead atoms. The first-order valence-electron chi connectivity index (χ1n) is 4.12. The number of rotatable bonds is 2. The van der Waals surface area contributed by atoms with Gasteiger partial charge in [0.25, 0.3) is 0 Å². The highest BCUT2D eigenvalue weighted by molar-refractivity contribution is 8.02. The Morgan fingerprint density at radius 2 is 2.50 bits per heavy atom. The molecule has 0 aliphatic heterocycles. The van der Waals surface area contributed by atoms with Gasteiger partial charge in [-0.3, -0.25) is 0 Å². The van der Waals surface area contributed by atoms with Gasteiger partial charge in [-0.2, -0.15) is 5.26 Å². The van der Waals surface area contributed by atoms with Crippen molar-refractivity contribution in [1.29, 1.82) is 5.26 Å². The molecule has 0 saturated carbocycles. The van der Waals surface area contributed by atoms with Crippen LogP contribution in [0, 0.1) is 17.2 Å². The molecule has 0 radical (unpaired) electrons. The average Bonchev–Trinajstić information content (AvgIpc) is 2.16. The fourth-order valence-corrected chi connectivity index (χ4v) is 2.48. The van der Waals surface area contributed by atoms with Crippen molar-refractivity contribution in [3.05, 3.63) is 23.1 Å². The lowest BCUT2D eigenvalue weighted by Crippen LogP contribution is -2.07. The van der Waals surface area contributed by atoms with Crippen LogP contribution in [0.5, 0.6) is 0 Å². The second-order valence-corrected chi connectivity index (χ2v) is 3.72. The van der Waals surface area contributed by atoms with Crippen LogP contribution in [0.25, 0.3) is 0 Å². The molecule has 0 spiro atoms. The van der Waals surface area contributed by atoms with Gasteiger partial charge in [0.15, 0.2) is 0 Å². The molecule has 0 aromatic carbocycles. The van der Waals surface area contributed by atoms with Crippen LogP contribution in [0.2, 0.25) is 0 Å². The van der Waals surface area contributed by atoms with Crippen molar-refractivity contribution in [3.8, 4) is 6.07 Å². The highest BCUT2D eigenvalue weighted by atomic mass is 32.2. The molecule has 0 heterocycles. The number of allylic oxidation sites excluding steroid dienone is 3. The number of nitriles is 1. The summed E-state index contributed by atoms with van der Waals surface area (Å²) in [5, 5.41) is 8.87. The smallest absolute Gasteiger partial charge is 0.0774 e. The zero-order chi connectivity index (χ0) is 8.97. The summed E-state index contributed by atoms with van der Waals surface area (Å²) < 4.78 is 0. The number of nitrogens with zero attached hydrogens (tertiary/aromatic N) is 1. The van der Waals surface area contributed by atoms with E-state index in [1.54, 1.807) is 11.8 Å². The van der Waals surface area contributed by atoms with Gasteiger partial charge in [0.1, 0.15) is 0 Å². The van der Waals surface area contributed by atoms with Gasteiger partial charge in [0.2, 0.25) is 0 Å². The lowest BCUT2D eigenvalue weighted by molar-refractivity contribution is 0.618. The molecule has 64 valence electrons. The summed E-state index contributed by atoms with van der Waals surface area (Å²) in [6.45, 7) is 3.77. The summed E-state index contributed by atoms with van der Waals surface area (Å²) in [5.41, 5.74) is 1.28. The van der Waals surface area contributed by atoms with Crippen molar-refractivity contribution in [1.82, 2.24) is 0 Å².